The lowest BCUT2D eigenvalue weighted by Gasteiger charge is -2.35. The molecule has 0 saturated carbocycles. The van der Waals surface area contributed by atoms with Gasteiger partial charge in [0.05, 0.1) is 18.2 Å². The first-order chi connectivity index (χ1) is 15.3. The van der Waals surface area contributed by atoms with E-state index in [9.17, 15) is 9.59 Å². The summed E-state index contributed by atoms with van der Waals surface area (Å²) in [6.45, 7) is 4.26. The number of nitrogens with zero attached hydrogens (tertiary/aromatic N) is 1. The van der Waals surface area contributed by atoms with E-state index in [2.05, 4.69) is 10.6 Å². The van der Waals surface area contributed by atoms with Crippen LogP contribution < -0.4 is 10.6 Å². The molecule has 2 aromatic carbocycles. The summed E-state index contributed by atoms with van der Waals surface area (Å²) in [5.74, 6) is -0.652. The Morgan fingerprint density at radius 1 is 1.12 bits per heavy atom. The number of methoxy groups -OCH3 is 1. The number of rotatable bonds is 7. The van der Waals surface area contributed by atoms with E-state index in [0.717, 1.165) is 11.1 Å². The molecule has 1 amide bonds. The Morgan fingerprint density at radius 2 is 1.84 bits per heavy atom. The number of carbonyl (C=O) groups is 2. The van der Waals surface area contributed by atoms with Gasteiger partial charge in [-0.15, -0.1) is 0 Å². The number of esters is 1. The number of ether oxygens (including phenoxy) is 2. The number of benzene rings is 2. The van der Waals surface area contributed by atoms with Crippen LogP contribution >= 0.6 is 12.2 Å². The van der Waals surface area contributed by atoms with Gasteiger partial charge in [0.25, 0.3) is 5.91 Å². The maximum absolute atomic E-state index is 12.9. The Morgan fingerprint density at radius 3 is 2.53 bits per heavy atom. The van der Waals surface area contributed by atoms with Crippen molar-refractivity contribution in [2.45, 2.75) is 19.9 Å². The molecular weight excluding hydrogens is 426 g/mol. The minimum Gasteiger partial charge on any atom is -0.460 e. The van der Waals surface area contributed by atoms with Gasteiger partial charge in [-0.2, -0.15) is 0 Å². The van der Waals surface area contributed by atoms with Gasteiger partial charge >= 0.3 is 5.97 Å². The van der Waals surface area contributed by atoms with Gasteiger partial charge < -0.3 is 25.0 Å². The largest absolute Gasteiger partial charge is 0.460 e. The van der Waals surface area contributed by atoms with E-state index in [4.69, 9.17) is 21.7 Å². The van der Waals surface area contributed by atoms with Gasteiger partial charge in [0.15, 0.2) is 5.11 Å². The van der Waals surface area contributed by atoms with Crippen LogP contribution in [0.3, 0.4) is 0 Å². The maximum atomic E-state index is 12.9. The Balaban J connectivity index is 1.87. The molecule has 32 heavy (non-hydrogen) atoms. The highest BCUT2D eigenvalue weighted by Crippen LogP contribution is 2.32. The minimum absolute atomic E-state index is 0.152. The monoisotopic (exact) mass is 453 g/mol. The first-order valence-electron chi connectivity index (χ1n) is 10.2. The van der Waals surface area contributed by atoms with E-state index in [-0.39, 0.29) is 12.5 Å². The van der Waals surface area contributed by atoms with Crippen molar-refractivity contribution in [1.82, 2.24) is 10.2 Å². The summed E-state index contributed by atoms with van der Waals surface area (Å²) in [5, 5.41) is 6.62. The smallest absolute Gasteiger partial charge is 0.338 e. The fourth-order valence-electron chi connectivity index (χ4n) is 3.35. The maximum Gasteiger partial charge on any atom is 0.338 e. The summed E-state index contributed by atoms with van der Waals surface area (Å²) in [4.78, 5) is 27.2. The van der Waals surface area contributed by atoms with Crippen LogP contribution in [-0.4, -0.2) is 49.3 Å². The Kier molecular flexibility index (Phi) is 7.61. The SMILES string of the molecule is COCCOC(=O)C1=C(C)N(C)C(=S)NC1c1cccc(NC(=O)c2ccc(C)cc2)c1. The standard InChI is InChI=1S/C24H27N3O4S/c1-15-8-10-17(11-9-15)22(28)25-19-7-5-6-18(14-19)21-20(23(29)31-13-12-30-4)16(2)27(3)24(32)26-21/h5-11,14,21H,12-13H2,1-4H3,(H,25,28)(H,26,32). The van der Waals surface area contributed by atoms with Crippen LogP contribution in [0.1, 0.15) is 34.5 Å². The number of aryl methyl sites for hydroxylation is 1. The van der Waals surface area contributed by atoms with Gasteiger partial charge in [-0.1, -0.05) is 29.8 Å². The Bertz CT molecular complexity index is 1050. The molecule has 0 saturated heterocycles. The number of hydrogen-bond donors (Lipinski definition) is 2. The molecule has 1 aliphatic heterocycles. The van der Waals surface area contributed by atoms with E-state index in [1.54, 1.807) is 37.3 Å². The molecule has 3 rings (SSSR count). The second-order valence-corrected chi connectivity index (χ2v) is 7.90. The average molecular weight is 454 g/mol. The number of amides is 1. The fourth-order valence-corrected chi connectivity index (χ4v) is 3.60. The van der Waals surface area contributed by atoms with Crippen molar-refractivity contribution in [1.29, 1.82) is 0 Å². The van der Waals surface area contributed by atoms with Crippen molar-refractivity contribution >= 4 is 34.9 Å². The summed E-state index contributed by atoms with van der Waals surface area (Å²) in [6, 6.07) is 14.2. The molecule has 0 spiro atoms. The summed E-state index contributed by atoms with van der Waals surface area (Å²) in [6.07, 6.45) is 0. The van der Waals surface area contributed by atoms with Gasteiger partial charge in [-0.05, 0) is 55.9 Å². The van der Waals surface area contributed by atoms with Gasteiger partial charge in [0, 0.05) is 31.1 Å². The molecular formula is C24H27N3O4S. The van der Waals surface area contributed by atoms with E-state index < -0.39 is 12.0 Å². The van der Waals surface area contributed by atoms with Gasteiger partial charge in [0.2, 0.25) is 0 Å². The molecule has 1 heterocycles. The second-order valence-electron chi connectivity index (χ2n) is 7.51. The van der Waals surface area contributed by atoms with Crippen molar-refractivity contribution in [3.05, 3.63) is 76.5 Å². The molecule has 0 fully saturated rings. The van der Waals surface area contributed by atoms with Gasteiger partial charge in [-0.3, -0.25) is 4.79 Å². The molecule has 0 radical (unpaired) electrons. The lowest BCUT2D eigenvalue weighted by atomic mass is 9.95. The first-order valence-corrected chi connectivity index (χ1v) is 10.6. The number of nitrogens with one attached hydrogen (secondary N) is 2. The van der Waals surface area contributed by atoms with Crippen LogP contribution in [0.4, 0.5) is 5.69 Å². The topological polar surface area (TPSA) is 79.9 Å². The number of allylic oxidation sites excluding steroid dienone is 1. The number of thiocarbonyl (C=S) groups is 1. The zero-order valence-corrected chi connectivity index (χ0v) is 19.4. The van der Waals surface area contributed by atoms with E-state index in [1.165, 1.54) is 0 Å². The van der Waals surface area contributed by atoms with Crippen LogP contribution in [0.5, 0.6) is 0 Å². The molecule has 1 unspecified atom stereocenters. The molecule has 0 aromatic heterocycles. The Hall–Kier alpha value is -3.23. The zero-order valence-electron chi connectivity index (χ0n) is 18.6. The predicted molar refractivity (Wildman–Crippen MR) is 127 cm³/mol. The molecule has 0 bridgehead atoms. The highest BCUT2D eigenvalue weighted by molar-refractivity contribution is 7.80. The lowest BCUT2D eigenvalue weighted by molar-refractivity contribution is -0.140. The van der Waals surface area contributed by atoms with Crippen molar-refractivity contribution in [3.8, 4) is 0 Å². The van der Waals surface area contributed by atoms with Crippen LogP contribution in [0.15, 0.2) is 59.8 Å². The summed E-state index contributed by atoms with van der Waals surface area (Å²) in [5.41, 5.74) is 4.21. The molecule has 0 aliphatic carbocycles. The lowest BCUT2D eigenvalue weighted by Crippen LogP contribution is -2.46. The Labute approximate surface area is 193 Å². The fraction of sp³-hybridized carbons (Fsp3) is 0.292. The predicted octanol–water partition coefficient (Wildman–Crippen LogP) is 3.57. The summed E-state index contributed by atoms with van der Waals surface area (Å²) < 4.78 is 10.4. The highest BCUT2D eigenvalue weighted by atomic mass is 32.1. The van der Waals surface area contributed by atoms with Gasteiger partial charge in [0.1, 0.15) is 6.61 Å². The molecule has 2 N–H and O–H groups in total. The summed E-state index contributed by atoms with van der Waals surface area (Å²) in [7, 11) is 3.34. The molecule has 2 aromatic rings. The van der Waals surface area contributed by atoms with Crippen molar-refractivity contribution in [2.24, 2.45) is 0 Å². The second kappa shape index (κ2) is 10.4. The number of anilines is 1. The average Bonchev–Trinajstić information content (AvgIpc) is 2.78. The van der Waals surface area contributed by atoms with E-state index in [1.807, 2.05) is 44.2 Å². The molecule has 1 atom stereocenters. The van der Waals surface area contributed by atoms with Crippen LogP contribution in [0, 0.1) is 6.92 Å². The van der Waals surface area contributed by atoms with Crippen LogP contribution in [0.2, 0.25) is 0 Å². The third-order valence-electron chi connectivity index (χ3n) is 5.29. The molecule has 168 valence electrons. The minimum atomic E-state index is -0.509. The molecule has 7 nitrogen and oxygen atoms in total. The normalized spacial score (nSPS) is 15.9. The van der Waals surface area contributed by atoms with E-state index in [0.29, 0.717) is 34.2 Å². The molecule has 8 heteroatoms. The summed E-state index contributed by atoms with van der Waals surface area (Å²) >= 11 is 5.44. The molecule has 1 aliphatic rings. The van der Waals surface area contributed by atoms with Crippen molar-refractivity contribution in [3.63, 3.8) is 0 Å². The van der Waals surface area contributed by atoms with Crippen molar-refractivity contribution < 1.29 is 19.1 Å². The highest BCUT2D eigenvalue weighted by Gasteiger charge is 2.33. The quantitative estimate of drug-likeness (QED) is 0.377. The third kappa shape index (κ3) is 5.33. The van der Waals surface area contributed by atoms with Crippen LogP contribution in [-0.2, 0) is 14.3 Å². The zero-order chi connectivity index (χ0) is 23.3. The van der Waals surface area contributed by atoms with Gasteiger partial charge in [-0.25, -0.2) is 4.79 Å². The number of hydrogen-bond acceptors (Lipinski definition) is 5. The first kappa shape index (κ1) is 23.4. The third-order valence-corrected chi connectivity index (χ3v) is 5.68. The number of carbonyl (C=O) groups excluding carboxylic acids is 2. The van der Waals surface area contributed by atoms with Crippen molar-refractivity contribution in [2.75, 3.05) is 32.7 Å². The van der Waals surface area contributed by atoms with Crippen LogP contribution in [0.25, 0.3) is 0 Å². The van der Waals surface area contributed by atoms with E-state index >= 15 is 0 Å².